The van der Waals surface area contributed by atoms with Gasteiger partial charge >= 0.3 is 0 Å². The topological polar surface area (TPSA) is 53.1 Å². The summed E-state index contributed by atoms with van der Waals surface area (Å²) in [6.45, 7) is 2.56. The molecule has 1 heterocycles. The Kier molecular flexibility index (Phi) is 7.44. The molecule has 0 amide bonds. The average Bonchev–Trinajstić information content (AvgIpc) is 2.75. The summed E-state index contributed by atoms with van der Waals surface area (Å²) in [5.74, 6) is 1.50. The highest BCUT2D eigenvalue weighted by atomic mass is 19.1. The SMILES string of the molecule is C.Cc1c(F)cccc1CNC1CCC(Nc2nc(N(C)C)c3ccccc3n2)CC1. The zero-order chi connectivity index (χ0) is 21.1. The van der Waals surface area contributed by atoms with Crippen LogP contribution in [0.5, 0.6) is 0 Å². The minimum Gasteiger partial charge on any atom is -0.362 e. The summed E-state index contributed by atoms with van der Waals surface area (Å²) in [6, 6.07) is 14.3. The van der Waals surface area contributed by atoms with Crippen LogP contribution < -0.4 is 15.5 Å². The zero-order valence-corrected chi connectivity index (χ0v) is 18.0. The summed E-state index contributed by atoms with van der Waals surface area (Å²) in [5.41, 5.74) is 2.74. The van der Waals surface area contributed by atoms with Crippen molar-refractivity contribution in [1.29, 1.82) is 0 Å². The van der Waals surface area contributed by atoms with Gasteiger partial charge in [0.15, 0.2) is 0 Å². The first kappa shape index (κ1) is 22.9. The minimum atomic E-state index is -0.130. The van der Waals surface area contributed by atoms with Crippen molar-refractivity contribution in [1.82, 2.24) is 15.3 Å². The second-order valence-corrected chi connectivity index (χ2v) is 8.38. The molecule has 0 spiro atoms. The van der Waals surface area contributed by atoms with Crippen LogP contribution in [-0.2, 0) is 6.54 Å². The van der Waals surface area contributed by atoms with Gasteiger partial charge < -0.3 is 15.5 Å². The Bertz CT molecular complexity index is 1010. The molecule has 1 aromatic heterocycles. The van der Waals surface area contributed by atoms with Crippen LogP contribution >= 0.6 is 0 Å². The number of benzene rings is 2. The van der Waals surface area contributed by atoms with Crippen LogP contribution in [0.15, 0.2) is 42.5 Å². The van der Waals surface area contributed by atoms with E-state index in [0.29, 0.717) is 24.6 Å². The second kappa shape index (κ2) is 10.1. The fourth-order valence-electron chi connectivity index (χ4n) is 4.19. The maximum atomic E-state index is 13.7. The highest BCUT2D eigenvalue weighted by Gasteiger charge is 2.22. The van der Waals surface area contributed by atoms with Crippen molar-refractivity contribution in [3.8, 4) is 0 Å². The van der Waals surface area contributed by atoms with Gasteiger partial charge in [-0.25, -0.2) is 9.37 Å². The van der Waals surface area contributed by atoms with Crippen LogP contribution in [0, 0.1) is 12.7 Å². The normalized spacial score (nSPS) is 18.5. The van der Waals surface area contributed by atoms with Crippen molar-refractivity contribution in [2.24, 2.45) is 0 Å². The first-order valence-corrected chi connectivity index (χ1v) is 10.7. The standard InChI is InChI=1S/C24H30FN5.CH4/c1-16-17(7-6-9-21(16)25)15-26-18-11-13-19(14-12-18)27-24-28-22-10-5-4-8-20(22)23(29-24)30(2)3;/h4-10,18-19,26H,11-15H2,1-3H3,(H,27,28,29);1H4. The molecule has 5 nitrogen and oxygen atoms in total. The van der Waals surface area contributed by atoms with E-state index < -0.39 is 0 Å². The smallest absolute Gasteiger partial charge is 0.225 e. The van der Waals surface area contributed by atoms with Gasteiger partial charge in [-0.1, -0.05) is 31.7 Å². The Labute approximate surface area is 185 Å². The van der Waals surface area contributed by atoms with Gasteiger partial charge in [0, 0.05) is 38.1 Å². The summed E-state index contributed by atoms with van der Waals surface area (Å²) >= 11 is 0. The number of nitrogens with one attached hydrogen (secondary N) is 2. The molecule has 2 N–H and O–H groups in total. The van der Waals surface area contributed by atoms with Crippen LogP contribution in [0.4, 0.5) is 16.2 Å². The monoisotopic (exact) mass is 423 g/mol. The van der Waals surface area contributed by atoms with E-state index in [-0.39, 0.29) is 13.2 Å². The Morgan fingerprint density at radius 1 is 0.968 bits per heavy atom. The fraction of sp³-hybridized carbons (Fsp3) is 0.440. The van der Waals surface area contributed by atoms with Gasteiger partial charge in [0.2, 0.25) is 5.95 Å². The summed E-state index contributed by atoms with van der Waals surface area (Å²) in [5, 5.41) is 8.22. The number of halogens is 1. The average molecular weight is 424 g/mol. The molecule has 2 aromatic carbocycles. The number of para-hydroxylation sites is 1. The van der Waals surface area contributed by atoms with Crippen molar-refractivity contribution in [2.45, 2.75) is 58.7 Å². The number of fused-ring (bicyclic) bond motifs is 1. The molecule has 0 atom stereocenters. The first-order chi connectivity index (χ1) is 14.5. The van der Waals surface area contributed by atoms with E-state index >= 15 is 0 Å². The van der Waals surface area contributed by atoms with Crippen molar-refractivity contribution in [3.63, 3.8) is 0 Å². The molecule has 31 heavy (non-hydrogen) atoms. The highest BCUT2D eigenvalue weighted by molar-refractivity contribution is 5.90. The van der Waals surface area contributed by atoms with Gasteiger partial charge in [0.1, 0.15) is 11.6 Å². The van der Waals surface area contributed by atoms with E-state index in [1.54, 1.807) is 6.07 Å². The van der Waals surface area contributed by atoms with Crippen molar-refractivity contribution < 1.29 is 4.39 Å². The molecular weight excluding hydrogens is 389 g/mol. The number of nitrogens with zero attached hydrogens (tertiary/aromatic N) is 3. The van der Waals surface area contributed by atoms with Crippen LogP contribution in [0.25, 0.3) is 10.9 Å². The Balaban J connectivity index is 0.00000272. The maximum absolute atomic E-state index is 13.7. The highest BCUT2D eigenvalue weighted by Crippen LogP contribution is 2.26. The van der Waals surface area contributed by atoms with Crippen LogP contribution in [-0.4, -0.2) is 36.1 Å². The summed E-state index contributed by atoms with van der Waals surface area (Å²) in [7, 11) is 4.02. The van der Waals surface area contributed by atoms with Crippen LogP contribution in [0.3, 0.4) is 0 Å². The quantitative estimate of drug-likeness (QED) is 0.564. The summed E-state index contributed by atoms with van der Waals surface area (Å²) < 4.78 is 13.7. The third kappa shape index (κ3) is 5.31. The number of hydrogen-bond acceptors (Lipinski definition) is 5. The van der Waals surface area contributed by atoms with Gasteiger partial charge in [-0.15, -0.1) is 0 Å². The van der Waals surface area contributed by atoms with E-state index in [4.69, 9.17) is 9.97 Å². The molecule has 0 unspecified atom stereocenters. The molecule has 1 aliphatic carbocycles. The molecule has 0 aliphatic heterocycles. The maximum Gasteiger partial charge on any atom is 0.225 e. The number of anilines is 2. The molecule has 1 saturated carbocycles. The molecule has 166 valence electrons. The van der Waals surface area contributed by atoms with E-state index in [1.807, 2.05) is 50.2 Å². The minimum absolute atomic E-state index is 0. The van der Waals surface area contributed by atoms with Gasteiger partial charge in [0.25, 0.3) is 0 Å². The molecular formula is C25H34FN5. The van der Waals surface area contributed by atoms with E-state index in [9.17, 15) is 4.39 Å². The Morgan fingerprint density at radius 3 is 2.42 bits per heavy atom. The lowest BCUT2D eigenvalue weighted by Gasteiger charge is -2.30. The number of hydrogen-bond donors (Lipinski definition) is 2. The molecule has 0 saturated heterocycles. The molecule has 0 radical (unpaired) electrons. The van der Waals surface area contributed by atoms with Crippen molar-refractivity contribution in [3.05, 3.63) is 59.4 Å². The van der Waals surface area contributed by atoms with Crippen LogP contribution in [0.1, 0.15) is 44.2 Å². The molecule has 0 bridgehead atoms. The third-order valence-corrected chi connectivity index (χ3v) is 6.03. The molecule has 1 aliphatic rings. The van der Waals surface area contributed by atoms with E-state index in [1.165, 1.54) is 6.07 Å². The molecule has 6 heteroatoms. The zero-order valence-electron chi connectivity index (χ0n) is 18.0. The summed E-state index contributed by atoms with van der Waals surface area (Å²) in [4.78, 5) is 11.5. The lowest BCUT2D eigenvalue weighted by Crippen LogP contribution is -2.37. The Morgan fingerprint density at radius 2 is 1.68 bits per heavy atom. The molecule has 1 fully saturated rings. The van der Waals surface area contributed by atoms with Gasteiger partial charge in [-0.3, -0.25) is 0 Å². The van der Waals surface area contributed by atoms with Gasteiger partial charge in [0.05, 0.1) is 5.52 Å². The Hall–Kier alpha value is -2.73. The summed E-state index contributed by atoms with van der Waals surface area (Å²) in [6.07, 6.45) is 4.29. The first-order valence-electron chi connectivity index (χ1n) is 10.7. The third-order valence-electron chi connectivity index (χ3n) is 6.03. The predicted molar refractivity (Wildman–Crippen MR) is 128 cm³/mol. The molecule has 4 rings (SSSR count). The van der Waals surface area contributed by atoms with Gasteiger partial charge in [-0.05, 0) is 61.9 Å². The largest absolute Gasteiger partial charge is 0.362 e. The van der Waals surface area contributed by atoms with Gasteiger partial charge in [-0.2, -0.15) is 4.98 Å². The van der Waals surface area contributed by atoms with Crippen molar-refractivity contribution in [2.75, 3.05) is 24.3 Å². The lowest BCUT2D eigenvalue weighted by molar-refractivity contribution is 0.352. The van der Waals surface area contributed by atoms with Crippen molar-refractivity contribution >= 4 is 22.7 Å². The number of aromatic nitrogens is 2. The molecule has 3 aromatic rings. The van der Waals surface area contributed by atoms with Crippen LogP contribution in [0.2, 0.25) is 0 Å². The predicted octanol–water partition coefficient (Wildman–Crippen LogP) is 5.29. The fourth-order valence-corrected chi connectivity index (χ4v) is 4.19. The second-order valence-electron chi connectivity index (χ2n) is 8.38. The lowest BCUT2D eigenvalue weighted by atomic mass is 9.91. The number of rotatable bonds is 6. The van der Waals surface area contributed by atoms with E-state index in [0.717, 1.165) is 53.5 Å². The van der Waals surface area contributed by atoms with E-state index in [2.05, 4.69) is 16.7 Å².